The van der Waals surface area contributed by atoms with Gasteiger partial charge in [-0.05, 0) is 55.4 Å². The van der Waals surface area contributed by atoms with Gasteiger partial charge < -0.3 is 10.1 Å². The van der Waals surface area contributed by atoms with Crippen LogP contribution in [0.3, 0.4) is 0 Å². The molecule has 0 unspecified atom stereocenters. The first-order valence-corrected chi connectivity index (χ1v) is 9.00. The second-order valence-electron chi connectivity index (χ2n) is 7.36. The summed E-state index contributed by atoms with van der Waals surface area (Å²) in [6, 6.07) is 5.14. The number of fused-ring (bicyclic) bond motifs is 5. The Morgan fingerprint density at radius 1 is 1.07 bits per heavy atom. The van der Waals surface area contributed by atoms with Crippen LogP contribution in [0.25, 0.3) is 0 Å². The number of ether oxygens (including phenoxy) is 1. The number of halogens is 1. The summed E-state index contributed by atoms with van der Waals surface area (Å²) in [5, 5.41) is 2.46. The molecule has 0 aromatic heterocycles. The summed E-state index contributed by atoms with van der Waals surface area (Å²) in [6.45, 7) is -1.02. The van der Waals surface area contributed by atoms with Gasteiger partial charge in [-0.1, -0.05) is 0 Å². The average Bonchev–Trinajstić information content (AvgIpc) is 3.32. The highest BCUT2D eigenvalue weighted by Gasteiger charge is 2.61. The van der Waals surface area contributed by atoms with Crippen LogP contribution in [-0.2, 0) is 23.9 Å². The molecule has 1 heterocycles. The predicted molar refractivity (Wildman–Crippen MR) is 90.5 cm³/mol. The van der Waals surface area contributed by atoms with Crippen molar-refractivity contribution in [3.8, 4) is 0 Å². The van der Waals surface area contributed by atoms with Crippen molar-refractivity contribution in [1.82, 2.24) is 4.90 Å². The maximum Gasteiger partial charge on any atom is 0.326 e. The van der Waals surface area contributed by atoms with Crippen LogP contribution in [0.15, 0.2) is 24.3 Å². The van der Waals surface area contributed by atoms with E-state index in [9.17, 15) is 23.6 Å². The van der Waals surface area contributed by atoms with Crippen LogP contribution in [0.4, 0.5) is 10.1 Å². The summed E-state index contributed by atoms with van der Waals surface area (Å²) < 4.78 is 17.7. The maximum atomic E-state index is 12.8. The van der Waals surface area contributed by atoms with Gasteiger partial charge in [-0.2, -0.15) is 0 Å². The topological polar surface area (TPSA) is 92.8 Å². The van der Waals surface area contributed by atoms with E-state index >= 15 is 0 Å². The smallest absolute Gasteiger partial charge is 0.326 e. The number of rotatable bonds is 5. The highest BCUT2D eigenvalue weighted by atomic mass is 19.1. The molecule has 2 aliphatic carbocycles. The van der Waals surface area contributed by atoms with Crippen molar-refractivity contribution in [3.63, 3.8) is 0 Å². The summed E-state index contributed by atoms with van der Waals surface area (Å²) >= 11 is 0. The van der Waals surface area contributed by atoms with Gasteiger partial charge >= 0.3 is 5.97 Å². The minimum Gasteiger partial charge on any atom is -0.454 e. The van der Waals surface area contributed by atoms with Crippen molar-refractivity contribution in [2.45, 2.75) is 19.3 Å². The molecule has 1 aliphatic heterocycles. The number of benzene rings is 1. The molecule has 3 amide bonds. The first-order valence-electron chi connectivity index (χ1n) is 9.00. The van der Waals surface area contributed by atoms with Crippen molar-refractivity contribution >= 4 is 29.4 Å². The molecule has 2 bridgehead atoms. The van der Waals surface area contributed by atoms with E-state index in [1.807, 2.05) is 0 Å². The average molecular weight is 374 g/mol. The lowest BCUT2D eigenvalue weighted by Gasteiger charge is -2.19. The Labute approximate surface area is 154 Å². The number of imide groups is 1. The predicted octanol–water partition coefficient (Wildman–Crippen LogP) is 1.34. The second kappa shape index (κ2) is 6.75. The number of nitrogens with zero attached hydrogens (tertiary/aromatic N) is 1. The first-order chi connectivity index (χ1) is 12.9. The van der Waals surface area contributed by atoms with Gasteiger partial charge in [0.2, 0.25) is 11.8 Å². The van der Waals surface area contributed by atoms with Crippen molar-refractivity contribution in [1.29, 1.82) is 0 Å². The summed E-state index contributed by atoms with van der Waals surface area (Å²) in [4.78, 5) is 49.8. The number of carbonyl (C=O) groups is 4. The van der Waals surface area contributed by atoms with Crippen molar-refractivity contribution in [2.24, 2.45) is 23.7 Å². The lowest BCUT2D eigenvalue weighted by atomic mass is 9.81. The number of hydrogen-bond donors (Lipinski definition) is 1. The fraction of sp³-hybridized carbons (Fsp3) is 0.474. The molecule has 7 nitrogen and oxygen atoms in total. The van der Waals surface area contributed by atoms with Crippen LogP contribution in [0.1, 0.15) is 19.3 Å². The van der Waals surface area contributed by atoms with Crippen LogP contribution < -0.4 is 5.32 Å². The Balaban J connectivity index is 1.28. The SMILES string of the molecule is O=C(COC(=O)CN1C(=O)[C@@H]2[C@H]3CC[C@@H](C3)[C@H]2C1=O)Nc1ccc(F)cc1. The standard InChI is InChI=1S/C19H19FN2O5/c20-12-3-5-13(6-4-12)21-14(23)9-27-15(24)8-22-18(25)16-10-1-2-11(7-10)17(16)19(22)26/h3-6,10-11,16-17H,1-2,7-9H2,(H,21,23)/t10-,11-,16+,17+/m0/s1. The highest BCUT2D eigenvalue weighted by Crippen LogP contribution is 2.56. The minimum atomic E-state index is -0.807. The van der Waals surface area contributed by atoms with Gasteiger partial charge in [0.05, 0.1) is 11.8 Å². The maximum absolute atomic E-state index is 12.8. The number of likely N-dealkylation sites (tertiary alicyclic amines) is 1. The van der Waals surface area contributed by atoms with E-state index in [0.29, 0.717) is 5.69 Å². The number of esters is 1. The lowest BCUT2D eigenvalue weighted by Crippen LogP contribution is -2.38. The van der Waals surface area contributed by atoms with Crippen LogP contribution in [0.2, 0.25) is 0 Å². The summed E-state index contributed by atoms with van der Waals surface area (Å²) in [5.41, 5.74) is 0.366. The molecule has 0 spiro atoms. The molecule has 1 N–H and O–H groups in total. The molecule has 142 valence electrons. The largest absolute Gasteiger partial charge is 0.454 e. The first kappa shape index (κ1) is 17.6. The zero-order chi connectivity index (χ0) is 19.1. The molecule has 0 radical (unpaired) electrons. The van der Waals surface area contributed by atoms with E-state index in [1.165, 1.54) is 24.3 Å². The van der Waals surface area contributed by atoms with Crippen LogP contribution in [-0.4, -0.2) is 41.7 Å². The molecule has 1 saturated heterocycles. The Hall–Kier alpha value is -2.77. The lowest BCUT2D eigenvalue weighted by molar-refractivity contribution is -0.154. The third-order valence-electron chi connectivity index (χ3n) is 5.80. The van der Waals surface area contributed by atoms with E-state index in [0.717, 1.165) is 24.2 Å². The second-order valence-corrected chi connectivity index (χ2v) is 7.36. The number of carbonyl (C=O) groups excluding carboxylic acids is 4. The number of amides is 3. The molecule has 4 atom stereocenters. The molecule has 4 rings (SSSR count). The summed E-state index contributed by atoms with van der Waals surface area (Å²) in [7, 11) is 0. The Bertz CT molecular complexity index is 781. The van der Waals surface area contributed by atoms with Gasteiger partial charge in [-0.25, -0.2) is 4.39 Å². The Morgan fingerprint density at radius 2 is 1.67 bits per heavy atom. The van der Waals surface area contributed by atoms with E-state index in [-0.39, 0.29) is 35.5 Å². The van der Waals surface area contributed by atoms with Crippen molar-refractivity contribution in [2.75, 3.05) is 18.5 Å². The fourth-order valence-corrected chi connectivity index (χ4v) is 4.68. The van der Waals surface area contributed by atoms with Gasteiger partial charge in [-0.15, -0.1) is 0 Å². The molecule has 27 heavy (non-hydrogen) atoms. The van der Waals surface area contributed by atoms with Gasteiger partial charge in [0.15, 0.2) is 6.61 Å². The van der Waals surface area contributed by atoms with E-state index in [2.05, 4.69) is 5.32 Å². The number of anilines is 1. The molecular formula is C19H19FN2O5. The molecule has 1 aromatic rings. The zero-order valence-corrected chi connectivity index (χ0v) is 14.5. The quantitative estimate of drug-likeness (QED) is 0.620. The van der Waals surface area contributed by atoms with E-state index in [4.69, 9.17) is 4.74 Å². The van der Waals surface area contributed by atoms with Gasteiger partial charge in [0.1, 0.15) is 12.4 Å². The summed E-state index contributed by atoms with van der Waals surface area (Å²) in [5.74, 6) is -2.48. The molecule has 2 saturated carbocycles. The third kappa shape index (κ3) is 3.20. The van der Waals surface area contributed by atoms with Crippen LogP contribution in [0.5, 0.6) is 0 Å². The van der Waals surface area contributed by atoms with Crippen LogP contribution >= 0.6 is 0 Å². The highest BCUT2D eigenvalue weighted by molar-refractivity contribution is 6.07. The molecule has 3 fully saturated rings. The molecule has 3 aliphatic rings. The van der Waals surface area contributed by atoms with E-state index < -0.39 is 30.8 Å². The van der Waals surface area contributed by atoms with Crippen LogP contribution in [0, 0.1) is 29.5 Å². The van der Waals surface area contributed by atoms with Crippen molar-refractivity contribution in [3.05, 3.63) is 30.1 Å². The molecular weight excluding hydrogens is 355 g/mol. The fourth-order valence-electron chi connectivity index (χ4n) is 4.68. The Kier molecular flexibility index (Phi) is 4.41. The molecule has 1 aromatic carbocycles. The molecule has 8 heteroatoms. The van der Waals surface area contributed by atoms with Crippen molar-refractivity contribution < 1.29 is 28.3 Å². The monoisotopic (exact) mass is 374 g/mol. The summed E-state index contributed by atoms with van der Waals surface area (Å²) in [6.07, 6.45) is 2.86. The number of nitrogens with one attached hydrogen (secondary N) is 1. The third-order valence-corrected chi connectivity index (χ3v) is 5.80. The normalized spacial score (nSPS) is 28.4. The zero-order valence-electron chi connectivity index (χ0n) is 14.5. The number of hydrogen-bond acceptors (Lipinski definition) is 5. The van der Waals surface area contributed by atoms with Gasteiger partial charge in [-0.3, -0.25) is 24.1 Å². The van der Waals surface area contributed by atoms with Gasteiger partial charge in [0, 0.05) is 5.69 Å². The van der Waals surface area contributed by atoms with E-state index in [1.54, 1.807) is 0 Å². The van der Waals surface area contributed by atoms with Gasteiger partial charge in [0.25, 0.3) is 5.91 Å². The minimum absolute atomic E-state index is 0.249. The Morgan fingerprint density at radius 3 is 2.26 bits per heavy atom.